The molecule has 20 heavy (non-hydrogen) atoms. The van der Waals surface area contributed by atoms with Crippen LogP contribution in [0.4, 0.5) is 0 Å². The molecule has 1 atom stereocenters. The predicted octanol–water partition coefficient (Wildman–Crippen LogP) is 3.38. The average Bonchev–Trinajstić information content (AvgIpc) is 2.50. The topological polar surface area (TPSA) is 38.3 Å². The molecule has 1 amide bonds. The summed E-state index contributed by atoms with van der Waals surface area (Å²) in [5.74, 6) is -0.0601. The second-order valence-corrected chi connectivity index (χ2v) is 5.18. The number of methoxy groups -OCH3 is 1. The number of hydrogen-bond donors (Lipinski definition) is 1. The third-order valence-corrected chi connectivity index (χ3v) is 3.71. The molecule has 0 saturated carbocycles. The quantitative estimate of drug-likeness (QED) is 0.807. The lowest BCUT2D eigenvalue weighted by molar-refractivity contribution is -0.131. The standard InChI is InChI=1S/C17H23NO2/c1-20-16(15-10-6-3-7-11-15)17(19)18-13-12-14-8-4-2-5-9-14/h3,6-8,10-11,16H,2,4-5,9,12-13H2,1H3,(H,18,19)/t16-/m0/s1. The Labute approximate surface area is 121 Å². The van der Waals surface area contributed by atoms with Crippen molar-refractivity contribution in [1.29, 1.82) is 0 Å². The Balaban J connectivity index is 1.82. The highest BCUT2D eigenvalue weighted by atomic mass is 16.5. The zero-order valence-corrected chi connectivity index (χ0v) is 12.1. The predicted molar refractivity (Wildman–Crippen MR) is 80.4 cm³/mol. The third-order valence-electron chi connectivity index (χ3n) is 3.71. The van der Waals surface area contributed by atoms with Crippen LogP contribution >= 0.6 is 0 Å². The molecular formula is C17H23NO2. The highest BCUT2D eigenvalue weighted by Crippen LogP contribution is 2.20. The molecule has 2 rings (SSSR count). The molecule has 3 nitrogen and oxygen atoms in total. The first kappa shape index (κ1) is 14.8. The molecule has 0 aromatic heterocycles. The molecule has 1 aromatic rings. The van der Waals surface area contributed by atoms with Crippen LogP contribution in [0.25, 0.3) is 0 Å². The van der Waals surface area contributed by atoms with E-state index in [1.807, 2.05) is 30.3 Å². The highest BCUT2D eigenvalue weighted by molar-refractivity contribution is 5.82. The molecule has 1 aliphatic carbocycles. The normalized spacial score (nSPS) is 16.4. The van der Waals surface area contributed by atoms with Crippen molar-refractivity contribution in [3.05, 3.63) is 47.5 Å². The first-order valence-electron chi connectivity index (χ1n) is 7.34. The second kappa shape index (κ2) is 7.85. The fraction of sp³-hybridized carbons (Fsp3) is 0.471. The van der Waals surface area contributed by atoms with Gasteiger partial charge in [0.25, 0.3) is 5.91 Å². The fourth-order valence-corrected chi connectivity index (χ4v) is 2.59. The summed E-state index contributed by atoms with van der Waals surface area (Å²) in [6.45, 7) is 0.692. The Morgan fingerprint density at radius 3 is 2.75 bits per heavy atom. The summed E-state index contributed by atoms with van der Waals surface area (Å²) in [5, 5.41) is 2.97. The van der Waals surface area contributed by atoms with Gasteiger partial charge in [-0.2, -0.15) is 0 Å². The van der Waals surface area contributed by atoms with Gasteiger partial charge in [0.15, 0.2) is 6.10 Å². The molecule has 0 aliphatic heterocycles. The fourth-order valence-electron chi connectivity index (χ4n) is 2.59. The van der Waals surface area contributed by atoms with Gasteiger partial charge in [0.1, 0.15) is 0 Å². The number of carbonyl (C=O) groups is 1. The zero-order chi connectivity index (χ0) is 14.2. The van der Waals surface area contributed by atoms with Gasteiger partial charge in [-0.1, -0.05) is 42.0 Å². The van der Waals surface area contributed by atoms with Crippen LogP contribution < -0.4 is 5.32 Å². The molecule has 0 fully saturated rings. The lowest BCUT2D eigenvalue weighted by atomic mass is 9.97. The minimum absolute atomic E-state index is 0.0601. The number of allylic oxidation sites excluding steroid dienone is 1. The highest BCUT2D eigenvalue weighted by Gasteiger charge is 2.19. The van der Waals surface area contributed by atoms with Gasteiger partial charge in [-0.25, -0.2) is 0 Å². The van der Waals surface area contributed by atoms with Crippen LogP contribution in [0.1, 0.15) is 43.8 Å². The average molecular weight is 273 g/mol. The van der Waals surface area contributed by atoms with Crippen molar-refractivity contribution in [2.24, 2.45) is 0 Å². The van der Waals surface area contributed by atoms with Crippen molar-refractivity contribution in [1.82, 2.24) is 5.32 Å². The Hall–Kier alpha value is -1.61. The smallest absolute Gasteiger partial charge is 0.253 e. The van der Waals surface area contributed by atoms with Gasteiger partial charge in [-0.3, -0.25) is 4.79 Å². The molecule has 1 N–H and O–H groups in total. The van der Waals surface area contributed by atoms with Gasteiger partial charge >= 0.3 is 0 Å². The summed E-state index contributed by atoms with van der Waals surface area (Å²) < 4.78 is 5.31. The largest absolute Gasteiger partial charge is 0.367 e. The molecular weight excluding hydrogens is 250 g/mol. The molecule has 3 heteroatoms. The summed E-state index contributed by atoms with van der Waals surface area (Å²) >= 11 is 0. The maximum atomic E-state index is 12.2. The number of nitrogens with one attached hydrogen (secondary N) is 1. The van der Waals surface area contributed by atoms with E-state index in [9.17, 15) is 4.79 Å². The van der Waals surface area contributed by atoms with Gasteiger partial charge in [0, 0.05) is 13.7 Å². The Bertz CT molecular complexity index is 453. The lowest BCUT2D eigenvalue weighted by Crippen LogP contribution is -2.31. The van der Waals surface area contributed by atoms with E-state index in [-0.39, 0.29) is 5.91 Å². The Morgan fingerprint density at radius 2 is 2.10 bits per heavy atom. The minimum Gasteiger partial charge on any atom is -0.367 e. The molecule has 0 radical (unpaired) electrons. The number of carbonyl (C=O) groups excluding carboxylic acids is 1. The van der Waals surface area contributed by atoms with Gasteiger partial charge < -0.3 is 10.1 Å². The van der Waals surface area contributed by atoms with Crippen LogP contribution in [-0.4, -0.2) is 19.6 Å². The van der Waals surface area contributed by atoms with Crippen molar-refractivity contribution in [3.63, 3.8) is 0 Å². The second-order valence-electron chi connectivity index (χ2n) is 5.18. The molecule has 0 bridgehead atoms. The lowest BCUT2D eigenvalue weighted by Gasteiger charge is -2.17. The van der Waals surface area contributed by atoms with E-state index in [1.54, 1.807) is 7.11 Å². The third kappa shape index (κ3) is 4.20. The molecule has 0 saturated heterocycles. The first-order valence-corrected chi connectivity index (χ1v) is 7.34. The molecule has 1 aliphatic rings. The van der Waals surface area contributed by atoms with Gasteiger partial charge in [0.2, 0.25) is 0 Å². The van der Waals surface area contributed by atoms with Crippen molar-refractivity contribution in [3.8, 4) is 0 Å². The van der Waals surface area contributed by atoms with E-state index in [1.165, 1.54) is 31.3 Å². The number of hydrogen-bond acceptors (Lipinski definition) is 2. The van der Waals surface area contributed by atoms with Gasteiger partial charge in [-0.15, -0.1) is 0 Å². The van der Waals surface area contributed by atoms with Crippen LogP contribution in [-0.2, 0) is 9.53 Å². The van der Waals surface area contributed by atoms with E-state index in [0.717, 1.165) is 12.0 Å². The van der Waals surface area contributed by atoms with E-state index in [2.05, 4.69) is 11.4 Å². The van der Waals surface area contributed by atoms with Gasteiger partial charge in [-0.05, 0) is 37.7 Å². The van der Waals surface area contributed by atoms with Gasteiger partial charge in [0.05, 0.1) is 0 Å². The minimum atomic E-state index is -0.517. The van der Waals surface area contributed by atoms with E-state index < -0.39 is 6.10 Å². The molecule has 108 valence electrons. The van der Waals surface area contributed by atoms with E-state index >= 15 is 0 Å². The maximum absolute atomic E-state index is 12.2. The van der Waals surface area contributed by atoms with Crippen LogP contribution in [0.5, 0.6) is 0 Å². The van der Waals surface area contributed by atoms with Crippen molar-refractivity contribution in [2.45, 2.75) is 38.2 Å². The Morgan fingerprint density at radius 1 is 1.30 bits per heavy atom. The van der Waals surface area contributed by atoms with Crippen LogP contribution in [0.15, 0.2) is 42.0 Å². The molecule has 0 unspecified atom stereocenters. The summed E-state index contributed by atoms with van der Waals surface area (Å²) in [6, 6.07) is 9.60. The van der Waals surface area contributed by atoms with Crippen LogP contribution in [0.2, 0.25) is 0 Å². The van der Waals surface area contributed by atoms with Crippen molar-refractivity contribution in [2.75, 3.05) is 13.7 Å². The van der Waals surface area contributed by atoms with Crippen LogP contribution in [0.3, 0.4) is 0 Å². The molecule has 1 aromatic carbocycles. The first-order chi connectivity index (χ1) is 9.81. The number of benzene rings is 1. The van der Waals surface area contributed by atoms with Crippen molar-refractivity contribution < 1.29 is 9.53 Å². The monoisotopic (exact) mass is 273 g/mol. The van der Waals surface area contributed by atoms with E-state index in [0.29, 0.717) is 6.54 Å². The maximum Gasteiger partial charge on any atom is 0.253 e. The summed E-state index contributed by atoms with van der Waals surface area (Å²) in [4.78, 5) is 12.2. The van der Waals surface area contributed by atoms with Crippen LogP contribution in [0, 0.1) is 0 Å². The number of amides is 1. The van der Waals surface area contributed by atoms with E-state index in [4.69, 9.17) is 4.74 Å². The number of ether oxygens (including phenoxy) is 1. The summed E-state index contributed by atoms with van der Waals surface area (Å²) in [6.07, 6.45) is 7.71. The summed E-state index contributed by atoms with van der Waals surface area (Å²) in [7, 11) is 1.57. The van der Waals surface area contributed by atoms with Crippen molar-refractivity contribution >= 4 is 5.91 Å². The number of rotatable bonds is 6. The zero-order valence-electron chi connectivity index (χ0n) is 12.1. The summed E-state index contributed by atoms with van der Waals surface area (Å²) in [5.41, 5.74) is 2.37. The Kier molecular flexibility index (Phi) is 5.81. The molecule has 0 heterocycles. The molecule has 0 spiro atoms. The SMILES string of the molecule is CO[C@H](C(=O)NCCC1=CCCCC1)c1ccccc1.